The minimum absolute atomic E-state index is 0.00379. The fourth-order valence-electron chi connectivity index (χ4n) is 4.57. The zero-order valence-electron chi connectivity index (χ0n) is 13.4. The molecule has 0 radical (unpaired) electrons. The van der Waals surface area contributed by atoms with E-state index in [4.69, 9.17) is 4.42 Å². The van der Waals surface area contributed by atoms with Crippen molar-refractivity contribution in [1.29, 1.82) is 0 Å². The van der Waals surface area contributed by atoms with Crippen molar-refractivity contribution in [3.63, 3.8) is 0 Å². The smallest absolute Gasteiger partial charge is 0.237 e. The second-order valence-corrected chi connectivity index (χ2v) is 7.30. The van der Waals surface area contributed by atoms with Crippen molar-refractivity contribution in [2.24, 2.45) is 17.3 Å². The van der Waals surface area contributed by atoms with E-state index in [1.54, 1.807) is 13.2 Å². The first-order chi connectivity index (χ1) is 11.0. The second-order valence-electron chi connectivity index (χ2n) is 7.30. The molecule has 4 rings (SSSR count). The Balaban J connectivity index is 1.89. The first kappa shape index (κ1) is 14.6. The first-order valence-electron chi connectivity index (χ1n) is 8.18. The van der Waals surface area contributed by atoms with Crippen LogP contribution in [0.15, 0.2) is 28.4 Å². The molecule has 1 aromatic rings. The highest BCUT2D eigenvalue weighted by Gasteiger charge is 2.48. The highest BCUT2D eigenvalue weighted by Crippen LogP contribution is 2.52. The predicted molar refractivity (Wildman–Crippen MR) is 84.9 cm³/mol. The summed E-state index contributed by atoms with van der Waals surface area (Å²) >= 11 is 0. The largest absolute Gasteiger partial charge is 0.463 e. The van der Waals surface area contributed by atoms with Crippen LogP contribution in [0.5, 0.6) is 0 Å². The summed E-state index contributed by atoms with van der Waals surface area (Å²) < 4.78 is 5.60. The first-order valence-corrected chi connectivity index (χ1v) is 8.18. The molecular weight excluding hydrogens is 292 g/mol. The van der Waals surface area contributed by atoms with Crippen LogP contribution in [0.25, 0.3) is 5.57 Å². The van der Waals surface area contributed by atoms with Gasteiger partial charge in [-0.2, -0.15) is 0 Å². The molecule has 0 spiro atoms. The van der Waals surface area contributed by atoms with Crippen LogP contribution in [0.2, 0.25) is 0 Å². The van der Waals surface area contributed by atoms with Gasteiger partial charge in [-0.3, -0.25) is 9.59 Å². The van der Waals surface area contributed by atoms with E-state index in [-0.39, 0.29) is 23.9 Å². The van der Waals surface area contributed by atoms with Gasteiger partial charge >= 0.3 is 0 Å². The summed E-state index contributed by atoms with van der Waals surface area (Å²) in [5.41, 5.74) is 2.26. The molecule has 4 nitrogen and oxygen atoms in total. The van der Waals surface area contributed by atoms with Gasteiger partial charge in [-0.25, -0.2) is 0 Å². The molecule has 4 heteroatoms. The number of hydrogen-bond donors (Lipinski definition) is 1. The standard InChI is InChI=1S/C19H20O4/c1-10-8-23-18-12-5-6-13-11(4-3-7-19(13,2)9-20)15(12)17(22)16(21)14(10)18/h5-6,8,11,13,20H,3-4,7,9H2,1-2H3. The van der Waals surface area contributed by atoms with Gasteiger partial charge in [-0.1, -0.05) is 25.5 Å². The van der Waals surface area contributed by atoms with Gasteiger partial charge in [0.1, 0.15) is 5.76 Å². The lowest BCUT2D eigenvalue weighted by Gasteiger charge is -2.46. The lowest BCUT2D eigenvalue weighted by atomic mass is 9.57. The van der Waals surface area contributed by atoms with Crippen molar-refractivity contribution >= 4 is 17.1 Å². The Hall–Kier alpha value is -1.94. The van der Waals surface area contributed by atoms with Gasteiger partial charge in [-0.15, -0.1) is 0 Å². The molecule has 1 fully saturated rings. The number of ketones is 2. The normalized spacial score (nSPS) is 32.7. The van der Waals surface area contributed by atoms with E-state index in [2.05, 4.69) is 13.0 Å². The number of fused-ring (bicyclic) bond motifs is 4. The molecular formula is C19H20O4. The third-order valence-electron chi connectivity index (χ3n) is 5.89. The maximum atomic E-state index is 12.8. The average Bonchev–Trinajstić information content (AvgIpc) is 2.94. The minimum Gasteiger partial charge on any atom is -0.463 e. The van der Waals surface area contributed by atoms with Crippen LogP contribution in [0.1, 0.15) is 47.9 Å². The monoisotopic (exact) mass is 312 g/mol. The molecule has 1 aromatic heterocycles. The third-order valence-corrected chi connectivity index (χ3v) is 5.89. The van der Waals surface area contributed by atoms with Gasteiger partial charge in [0, 0.05) is 17.8 Å². The average molecular weight is 312 g/mol. The fourth-order valence-corrected chi connectivity index (χ4v) is 4.57. The zero-order valence-corrected chi connectivity index (χ0v) is 13.4. The number of aliphatic hydroxyl groups excluding tert-OH is 1. The summed E-state index contributed by atoms with van der Waals surface area (Å²) in [7, 11) is 0. The maximum absolute atomic E-state index is 12.8. The number of aryl methyl sites for hydroxylation is 1. The number of Topliss-reactive ketones (excluding diaryl/α,β-unsaturated/α-hetero) is 2. The lowest BCUT2D eigenvalue weighted by molar-refractivity contribution is -0.113. The zero-order chi connectivity index (χ0) is 16.4. The van der Waals surface area contributed by atoms with Gasteiger partial charge in [-0.05, 0) is 42.6 Å². The summed E-state index contributed by atoms with van der Waals surface area (Å²) in [5.74, 6) is -0.216. The van der Waals surface area contributed by atoms with E-state index >= 15 is 0 Å². The van der Waals surface area contributed by atoms with E-state index in [9.17, 15) is 14.7 Å². The van der Waals surface area contributed by atoms with Gasteiger partial charge in [0.2, 0.25) is 11.6 Å². The van der Waals surface area contributed by atoms with Gasteiger partial charge in [0.15, 0.2) is 0 Å². The Kier molecular flexibility index (Phi) is 3.04. The van der Waals surface area contributed by atoms with Crippen LogP contribution in [-0.4, -0.2) is 23.3 Å². The molecule has 1 heterocycles. The minimum atomic E-state index is -0.449. The molecule has 0 aliphatic heterocycles. The number of carbonyl (C=O) groups excluding carboxylic acids is 2. The molecule has 3 aliphatic rings. The number of aliphatic hydroxyl groups is 1. The molecule has 1 N–H and O–H groups in total. The third kappa shape index (κ3) is 1.81. The summed E-state index contributed by atoms with van der Waals surface area (Å²) in [6.07, 6.45) is 8.33. The Morgan fingerprint density at radius 2 is 2.13 bits per heavy atom. The quantitative estimate of drug-likeness (QED) is 0.809. The van der Waals surface area contributed by atoms with E-state index in [1.165, 1.54) is 0 Å². The van der Waals surface area contributed by atoms with Crippen molar-refractivity contribution in [3.8, 4) is 0 Å². The van der Waals surface area contributed by atoms with Crippen LogP contribution in [0.4, 0.5) is 0 Å². The maximum Gasteiger partial charge on any atom is 0.237 e. The molecule has 3 unspecified atom stereocenters. The molecule has 23 heavy (non-hydrogen) atoms. The SMILES string of the molecule is Cc1coc2c1C(=O)C(=O)C1=C2C=CC2C1CCCC2(C)CO. The Labute approximate surface area is 134 Å². The van der Waals surface area contributed by atoms with E-state index in [0.29, 0.717) is 22.5 Å². The molecule has 3 aliphatic carbocycles. The highest BCUT2D eigenvalue weighted by atomic mass is 16.3. The van der Waals surface area contributed by atoms with Gasteiger partial charge in [0.25, 0.3) is 0 Å². The summed E-state index contributed by atoms with van der Waals surface area (Å²) in [4.78, 5) is 25.3. The molecule has 0 amide bonds. The number of rotatable bonds is 1. The van der Waals surface area contributed by atoms with Crippen LogP contribution in [0, 0.1) is 24.2 Å². The van der Waals surface area contributed by atoms with E-state index in [1.807, 2.05) is 6.08 Å². The van der Waals surface area contributed by atoms with E-state index < -0.39 is 11.6 Å². The van der Waals surface area contributed by atoms with Crippen molar-refractivity contribution < 1.29 is 19.1 Å². The number of furan rings is 1. The summed E-state index contributed by atoms with van der Waals surface area (Å²) in [6, 6.07) is 0. The Bertz CT molecular complexity index is 779. The Morgan fingerprint density at radius 1 is 1.35 bits per heavy atom. The number of hydrogen-bond acceptors (Lipinski definition) is 4. The lowest BCUT2D eigenvalue weighted by Crippen LogP contribution is -2.43. The van der Waals surface area contributed by atoms with Crippen molar-refractivity contribution in [2.75, 3.05) is 6.61 Å². The highest BCUT2D eigenvalue weighted by molar-refractivity contribution is 6.53. The van der Waals surface area contributed by atoms with Gasteiger partial charge < -0.3 is 9.52 Å². The van der Waals surface area contributed by atoms with Crippen LogP contribution in [-0.2, 0) is 4.79 Å². The van der Waals surface area contributed by atoms with Crippen molar-refractivity contribution in [3.05, 3.63) is 40.9 Å². The van der Waals surface area contributed by atoms with E-state index in [0.717, 1.165) is 24.8 Å². The number of carbonyl (C=O) groups is 2. The topological polar surface area (TPSA) is 67.5 Å². The molecule has 1 saturated carbocycles. The molecule has 0 aromatic carbocycles. The molecule has 0 saturated heterocycles. The number of allylic oxidation sites excluding steroid dienone is 4. The predicted octanol–water partition coefficient (Wildman–Crippen LogP) is 3.09. The molecule has 3 atom stereocenters. The van der Waals surface area contributed by atoms with Crippen LogP contribution < -0.4 is 0 Å². The van der Waals surface area contributed by atoms with Crippen molar-refractivity contribution in [1.82, 2.24) is 0 Å². The second kappa shape index (κ2) is 4.78. The van der Waals surface area contributed by atoms with Crippen molar-refractivity contribution in [2.45, 2.75) is 33.1 Å². The Morgan fingerprint density at radius 3 is 2.87 bits per heavy atom. The summed E-state index contributed by atoms with van der Waals surface area (Å²) in [5, 5.41) is 9.84. The fraction of sp³-hybridized carbons (Fsp3) is 0.474. The van der Waals surface area contributed by atoms with Crippen LogP contribution >= 0.6 is 0 Å². The molecule has 0 bridgehead atoms. The van der Waals surface area contributed by atoms with Crippen LogP contribution in [0.3, 0.4) is 0 Å². The van der Waals surface area contributed by atoms with Gasteiger partial charge in [0.05, 0.1) is 11.8 Å². The molecule has 120 valence electrons. The summed E-state index contributed by atoms with van der Waals surface area (Å²) in [6.45, 7) is 3.95.